The molecule has 0 fully saturated rings. The molecule has 0 atom stereocenters. The molecule has 0 spiro atoms. The SMILES string of the molecule is Cc1nc2nc(Cl)nc(SC(C)C)c2n1CCCCCCCCCCCCCCCc1noc(=O)n1C. The van der Waals surface area contributed by atoms with Crippen molar-refractivity contribution in [2.75, 3.05) is 0 Å². The molecule has 0 N–H and O–H groups in total. The Labute approximate surface area is 230 Å². The van der Waals surface area contributed by atoms with E-state index >= 15 is 0 Å². The predicted octanol–water partition coefficient (Wildman–Crippen LogP) is 7.29. The van der Waals surface area contributed by atoms with E-state index in [1.54, 1.807) is 18.8 Å². The maximum atomic E-state index is 11.3. The quantitative estimate of drug-likeness (QED) is 0.0710. The Kier molecular flexibility index (Phi) is 12.5. The van der Waals surface area contributed by atoms with Gasteiger partial charge in [-0.25, -0.2) is 14.8 Å². The number of aromatic nitrogens is 6. The number of unbranched alkanes of at least 4 members (excludes halogenated alkanes) is 12. The van der Waals surface area contributed by atoms with Gasteiger partial charge in [-0.2, -0.15) is 4.98 Å². The molecule has 0 saturated heterocycles. The number of imidazole rings is 1. The van der Waals surface area contributed by atoms with Crippen LogP contribution in [0.2, 0.25) is 5.28 Å². The van der Waals surface area contributed by atoms with Gasteiger partial charge in [-0.15, -0.1) is 11.8 Å². The Morgan fingerprint density at radius 3 is 1.97 bits per heavy atom. The maximum absolute atomic E-state index is 11.3. The first kappa shape index (κ1) is 29.7. The number of hydrogen-bond acceptors (Lipinski definition) is 7. The Balaban J connectivity index is 1.20. The molecular weight excluding hydrogens is 508 g/mol. The van der Waals surface area contributed by atoms with Crippen molar-refractivity contribution in [1.29, 1.82) is 0 Å². The average molecular weight is 551 g/mol. The van der Waals surface area contributed by atoms with Crippen molar-refractivity contribution in [3.63, 3.8) is 0 Å². The Hall–Kier alpha value is -1.87. The summed E-state index contributed by atoms with van der Waals surface area (Å²) in [6.45, 7) is 7.32. The third kappa shape index (κ3) is 9.43. The minimum atomic E-state index is -0.371. The third-order valence-corrected chi connectivity index (χ3v) is 7.90. The summed E-state index contributed by atoms with van der Waals surface area (Å²) in [7, 11) is 1.72. The van der Waals surface area contributed by atoms with Gasteiger partial charge in [0, 0.05) is 25.3 Å². The van der Waals surface area contributed by atoms with Crippen LogP contribution in [-0.4, -0.2) is 34.5 Å². The first-order valence-electron chi connectivity index (χ1n) is 14.0. The van der Waals surface area contributed by atoms with Crippen molar-refractivity contribution < 1.29 is 4.52 Å². The van der Waals surface area contributed by atoms with Crippen molar-refractivity contribution in [3.8, 4) is 0 Å². The van der Waals surface area contributed by atoms with Crippen molar-refractivity contribution in [1.82, 2.24) is 29.2 Å². The molecule has 37 heavy (non-hydrogen) atoms. The second kappa shape index (κ2) is 15.5. The summed E-state index contributed by atoms with van der Waals surface area (Å²) in [6, 6.07) is 0. The smallest absolute Gasteiger partial charge is 0.325 e. The van der Waals surface area contributed by atoms with Gasteiger partial charge in [0.25, 0.3) is 0 Å². The molecule has 3 heterocycles. The van der Waals surface area contributed by atoms with Gasteiger partial charge < -0.3 is 4.57 Å². The molecule has 0 bridgehead atoms. The lowest BCUT2D eigenvalue weighted by Gasteiger charge is -2.11. The van der Waals surface area contributed by atoms with Gasteiger partial charge in [0.05, 0.1) is 0 Å². The number of hydrogen-bond donors (Lipinski definition) is 0. The molecule has 3 aromatic rings. The summed E-state index contributed by atoms with van der Waals surface area (Å²) < 4.78 is 8.43. The lowest BCUT2D eigenvalue weighted by atomic mass is 10.0. The van der Waals surface area contributed by atoms with Crippen LogP contribution in [0.4, 0.5) is 0 Å². The molecule has 0 unspecified atom stereocenters. The van der Waals surface area contributed by atoms with Crippen molar-refractivity contribution in [2.24, 2.45) is 7.05 Å². The molecule has 0 radical (unpaired) electrons. The normalized spacial score (nSPS) is 11.8. The second-order valence-electron chi connectivity index (χ2n) is 10.2. The van der Waals surface area contributed by atoms with E-state index in [1.165, 1.54) is 75.2 Å². The zero-order valence-corrected chi connectivity index (χ0v) is 24.5. The standard InChI is InChI=1S/C27H43ClN6O2S/c1-20(2)37-25-23-24(30-26(28)31-25)29-21(3)34(23)19-17-15-13-11-9-7-5-6-8-10-12-14-16-18-22-32-36-27(35)33(22)4/h20H,5-19H2,1-4H3. The van der Waals surface area contributed by atoms with E-state index in [2.05, 4.69) is 43.0 Å². The highest BCUT2D eigenvalue weighted by Gasteiger charge is 2.17. The summed E-state index contributed by atoms with van der Waals surface area (Å²) in [5, 5.41) is 5.45. The molecule has 0 aliphatic heterocycles. The van der Waals surface area contributed by atoms with E-state index in [0.29, 0.717) is 10.9 Å². The number of fused-ring (bicyclic) bond motifs is 1. The van der Waals surface area contributed by atoms with Crippen molar-refractivity contribution in [3.05, 3.63) is 27.5 Å². The van der Waals surface area contributed by atoms with Gasteiger partial charge in [0.2, 0.25) is 5.28 Å². The van der Waals surface area contributed by atoms with E-state index < -0.39 is 0 Å². The Morgan fingerprint density at radius 1 is 0.865 bits per heavy atom. The minimum Gasteiger partial charge on any atom is -0.325 e. The topological polar surface area (TPSA) is 91.6 Å². The monoisotopic (exact) mass is 550 g/mol. The lowest BCUT2D eigenvalue weighted by molar-refractivity contribution is 0.375. The van der Waals surface area contributed by atoms with Crippen LogP contribution in [0.25, 0.3) is 11.2 Å². The number of halogens is 1. The van der Waals surface area contributed by atoms with Crippen LogP contribution < -0.4 is 5.76 Å². The van der Waals surface area contributed by atoms with Crippen LogP contribution >= 0.6 is 23.4 Å². The zero-order chi connectivity index (χ0) is 26.6. The third-order valence-electron chi connectivity index (χ3n) is 6.75. The first-order valence-corrected chi connectivity index (χ1v) is 15.2. The summed E-state index contributed by atoms with van der Waals surface area (Å²) in [5.74, 6) is 1.37. The van der Waals surface area contributed by atoms with Gasteiger partial charge in [-0.05, 0) is 31.4 Å². The van der Waals surface area contributed by atoms with Gasteiger partial charge in [-0.3, -0.25) is 9.09 Å². The Morgan fingerprint density at radius 2 is 1.43 bits per heavy atom. The highest BCUT2D eigenvalue weighted by molar-refractivity contribution is 8.00. The summed E-state index contributed by atoms with van der Waals surface area (Å²) >= 11 is 7.86. The van der Waals surface area contributed by atoms with E-state index in [4.69, 9.17) is 11.6 Å². The van der Waals surface area contributed by atoms with Gasteiger partial charge in [-0.1, -0.05) is 89.6 Å². The van der Waals surface area contributed by atoms with Crippen LogP contribution in [0, 0.1) is 6.92 Å². The largest absolute Gasteiger partial charge is 0.441 e. The molecule has 8 nitrogen and oxygen atoms in total. The molecule has 0 aliphatic carbocycles. The molecule has 10 heteroatoms. The van der Waals surface area contributed by atoms with E-state index in [0.717, 1.165) is 48.0 Å². The van der Waals surface area contributed by atoms with Gasteiger partial charge in [0.15, 0.2) is 11.5 Å². The van der Waals surface area contributed by atoms with Crippen LogP contribution in [0.1, 0.15) is 109 Å². The number of aryl methyl sites for hydroxylation is 3. The number of rotatable bonds is 18. The molecule has 3 rings (SSSR count). The zero-order valence-electron chi connectivity index (χ0n) is 23.0. The summed E-state index contributed by atoms with van der Waals surface area (Å²) in [5.41, 5.74) is 1.74. The first-order chi connectivity index (χ1) is 17.9. The van der Waals surface area contributed by atoms with E-state index in [-0.39, 0.29) is 11.0 Å². The fraction of sp³-hybridized carbons (Fsp3) is 0.741. The summed E-state index contributed by atoms with van der Waals surface area (Å²) in [4.78, 5) is 24.7. The van der Waals surface area contributed by atoms with Crippen LogP contribution in [0.15, 0.2) is 14.3 Å². The van der Waals surface area contributed by atoms with E-state index in [1.807, 2.05) is 6.92 Å². The van der Waals surface area contributed by atoms with Crippen molar-refractivity contribution in [2.45, 2.75) is 127 Å². The fourth-order valence-corrected chi connectivity index (χ4v) is 5.81. The lowest BCUT2D eigenvalue weighted by Crippen LogP contribution is -2.12. The average Bonchev–Trinajstić information content (AvgIpc) is 3.33. The van der Waals surface area contributed by atoms with Crippen LogP contribution in [0.5, 0.6) is 0 Å². The molecule has 0 amide bonds. The predicted molar refractivity (Wildman–Crippen MR) is 152 cm³/mol. The fourth-order valence-electron chi connectivity index (χ4n) is 4.70. The molecule has 0 aliphatic rings. The Bertz CT molecular complexity index is 1160. The molecular formula is C27H43ClN6O2S. The molecule has 206 valence electrons. The van der Waals surface area contributed by atoms with E-state index in [9.17, 15) is 4.79 Å². The maximum Gasteiger partial charge on any atom is 0.441 e. The molecule has 3 aromatic heterocycles. The minimum absolute atomic E-state index is 0.273. The van der Waals surface area contributed by atoms with Crippen LogP contribution in [-0.2, 0) is 20.0 Å². The van der Waals surface area contributed by atoms with Gasteiger partial charge >= 0.3 is 5.76 Å². The number of thioether (sulfide) groups is 1. The number of nitrogens with zero attached hydrogens (tertiary/aromatic N) is 6. The molecule has 0 aromatic carbocycles. The van der Waals surface area contributed by atoms with Gasteiger partial charge in [0.1, 0.15) is 16.4 Å². The van der Waals surface area contributed by atoms with Crippen LogP contribution in [0.3, 0.4) is 0 Å². The summed E-state index contributed by atoms with van der Waals surface area (Å²) in [6.07, 6.45) is 17.3. The highest BCUT2D eigenvalue weighted by atomic mass is 35.5. The highest BCUT2D eigenvalue weighted by Crippen LogP contribution is 2.30. The van der Waals surface area contributed by atoms with Crippen molar-refractivity contribution >= 4 is 34.5 Å². The second-order valence-corrected chi connectivity index (χ2v) is 12.1. The molecule has 0 saturated carbocycles.